The molecule has 0 saturated heterocycles. The zero-order valence-corrected chi connectivity index (χ0v) is 18.1. The van der Waals surface area contributed by atoms with Crippen molar-refractivity contribution in [3.05, 3.63) is 88.0 Å². The number of aryl methyl sites for hydroxylation is 2. The van der Waals surface area contributed by atoms with Crippen molar-refractivity contribution in [2.24, 2.45) is 7.05 Å². The molecule has 8 heteroatoms. The van der Waals surface area contributed by atoms with Gasteiger partial charge in [-0.3, -0.25) is 14.0 Å². The summed E-state index contributed by atoms with van der Waals surface area (Å²) >= 11 is 1.48. The average Bonchev–Trinajstić information content (AvgIpc) is 3.22. The van der Waals surface area contributed by atoms with Crippen molar-refractivity contribution in [3.63, 3.8) is 0 Å². The van der Waals surface area contributed by atoms with Gasteiger partial charge in [-0.1, -0.05) is 42.1 Å². The van der Waals surface area contributed by atoms with E-state index in [0.29, 0.717) is 40.3 Å². The molecule has 0 radical (unpaired) electrons. The molecule has 31 heavy (non-hydrogen) atoms. The second kappa shape index (κ2) is 9.18. The number of fused-ring (bicyclic) bond motifs is 1. The first-order valence-electron chi connectivity index (χ1n) is 9.82. The highest BCUT2D eigenvalue weighted by atomic mass is 32.2. The van der Waals surface area contributed by atoms with Crippen molar-refractivity contribution >= 4 is 28.6 Å². The van der Waals surface area contributed by atoms with Crippen LogP contribution >= 0.6 is 11.8 Å². The van der Waals surface area contributed by atoms with E-state index >= 15 is 0 Å². The lowest BCUT2D eigenvalue weighted by Crippen LogP contribution is -2.24. The zero-order chi connectivity index (χ0) is 21.8. The van der Waals surface area contributed by atoms with E-state index in [2.05, 4.69) is 5.10 Å². The van der Waals surface area contributed by atoms with Gasteiger partial charge in [0.1, 0.15) is 0 Å². The van der Waals surface area contributed by atoms with E-state index < -0.39 is 5.97 Å². The number of rotatable bonds is 7. The van der Waals surface area contributed by atoms with Crippen LogP contribution < -0.4 is 5.56 Å². The fraction of sp³-hybridized carbons (Fsp3) is 0.217. The lowest BCUT2D eigenvalue weighted by molar-refractivity contribution is 0.0601. The van der Waals surface area contributed by atoms with E-state index in [4.69, 9.17) is 9.72 Å². The molecule has 4 aromatic rings. The molecule has 0 saturated carbocycles. The summed E-state index contributed by atoms with van der Waals surface area (Å²) in [4.78, 5) is 30.0. The molecule has 0 spiro atoms. The van der Waals surface area contributed by atoms with Crippen LogP contribution in [0.3, 0.4) is 0 Å². The van der Waals surface area contributed by atoms with Crippen molar-refractivity contribution in [2.45, 2.75) is 23.9 Å². The van der Waals surface area contributed by atoms with E-state index in [1.165, 1.54) is 18.9 Å². The number of aromatic nitrogens is 4. The molecule has 2 heterocycles. The monoisotopic (exact) mass is 434 g/mol. The Kier molecular flexibility index (Phi) is 6.18. The van der Waals surface area contributed by atoms with Crippen LogP contribution in [0.2, 0.25) is 0 Å². The fourth-order valence-electron chi connectivity index (χ4n) is 3.33. The van der Waals surface area contributed by atoms with Gasteiger partial charge < -0.3 is 4.74 Å². The minimum Gasteiger partial charge on any atom is -0.465 e. The molecule has 2 aromatic carbocycles. The number of thioether (sulfide) groups is 1. The first-order valence-corrected chi connectivity index (χ1v) is 10.8. The van der Waals surface area contributed by atoms with Crippen LogP contribution in [0.5, 0.6) is 0 Å². The second-order valence-electron chi connectivity index (χ2n) is 7.12. The summed E-state index contributed by atoms with van der Waals surface area (Å²) in [7, 11) is 3.20. The number of carbonyl (C=O) groups excluding carboxylic acids is 1. The Morgan fingerprint density at radius 3 is 2.65 bits per heavy atom. The summed E-state index contributed by atoms with van der Waals surface area (Å²) in [6, 6.07) is 14.9. The van der Waals surface area contributed by atoms with Crippen molar-refractivity contribution in [1.29, 1.82) is 0 Å². The number of nitrogens with zero attached hydrogens (tertiary/aromatic N) is 4. The highest BCUT2D eigenvalue weighted by Gasteiger charge is 2.15. The van der Waals surface area contributed by atoms with Gasteiger partial charge in [0.2, 0.25) is 0 Å². The molecule has 0 aliphatic carbocycles. The van der Waals surface area contributed by atoms with Crippen molar-refractivity contribution in [3.8, 4) is 0 Å². The molecular weight excluding hydrogens is 412 g/mol. The first kappa shape index (κ1) is 20.9. The molecule has 4 rings (SSSR count). The fourth-order valence-corrected chi connectivity index (χ4v) is 4.27. The number of benzene rings is 2. The van der Waals surface area contributed by atoms with Crippen LogP contribution in [0.15, 0.2) is 70.9 Å². The molecule has 158 valence electrons. The number of hydrogen-bond donors (Lipinski definition) is 0. The van der Waals surface area contributed by atoms with Crippen molar-refractivity contribution in [1.82, 2.24) is 19.3 Å². The van der Waals surface area contributed by atoms with Gasteiger partial charge in [0.15, 0.2) is 5.16 Å². The van der Waals surface area contributed by atoms with Gasteiger partial charge in [-0.15, -0.1) is 0 Å². The van der Waals surface area contributed by atoms with Crippen molar-refractivity contribution in [2.75, 3.05) is 7.11 Å². The Morgan fingerprint density at radius 2 is 1.94 bits per heavy atom. The summed E-state index contributed by atoms with van der Waals surface area (Å²) in [6.45, 7) is 0.514. The van der Waals surface area contributed by atoms with E-state index in [1.54, 1.807) is 33.6 Å². The highest BCUT2D eigenvalue weighted by molar-refractivity contribution is 7.98. The van der Waals surface area contributed by atoms with Gasteiger partial charge in [0, 0.05) is 31.1 Å². The lowest BCUT2D eigenvalue weighted by atomic mass is 10.1. The molecule has 0 aliphatic rings. The van der Waals surface area contributed by atoms with E-state index in [0.717, 1.165) is 11.1 Å². The van der Waals surface area contributed by atoms with Gasteiger partial charge in [-0.05, 0) is 30.2 Å². The van der Waals surface area contributed by atoms with Gasteiger partial charge in [-0.2, -0.15) is 5.10 Å². The van der Waals surface area contributed by atoms with Crippen LogP contribution in [0, 0.1) is 0 Å². The summed E-state index contributed by atoms with van der Waals surface area (Å²) < 4.78 is 8.26. The molecule has 0 fully saturated rings. The summed E-state index contributed by atoms with van der Waals surface area (Å²) in [5.74, 6) is 0.176. The minimum absolute atomic E-state index is 0.119. The molecule has 0 aliphatic heterocycles. The molecule has 0 unspecified atom stereocenters. The quantitative estimate of drug-likeness (QED) is 0.252. The third kappa shape index (κ3) is 4.69. The van der Waals surface area contributed by atoms with E-state index in [-0.39, 0.29) is 5.56 Å². The summed E-state index contributed by atoms with van der Waals surface area (Å²) in [5.41, 5.74) is 2.93. The molecule has 7 nitrogen and oxygen atoms in total. The first-order chi connectivity index (χ1) is 15.0. The second-order valence-corrected chi connectivity index (χ2v) is 8.06. The Hall–Kier alpha value is -3.39. The third-order valence-corrected chi connectivity index (χ3v) is 5.98. The normalized spacial score (nSPS) is 11.0. The van der Waals surface area contributed by atoms with Crippen LogP contribution in [0.1, 0.15) is 21.5 Å². The van der Waals surface area contributed by atoms with Gasteiger partial charge in [0.25, 0.3) is 5.56 Å². The lowest BCUT2D eigenvalue weighted by Gasteiger charge is -2.13. The topological polar surface area (TPSA) is 79.0 Å². The number of carbonyl (C=O) groups is 1. The van der Waals surface area contributed by atoms with Crippen LogP contribution in [0.25, 0.3) is 10.9 Å². The highest BCUT2D eigenvalue weighted by Crippen LogP contribution is 2.23. The van der Waals surface area contributed by atoms with Gasteiger partial charge in [-0.25, -0.2) is 9.78 Å². The molecular formula is C23H22N4O3S. The van der Waals surface area contributed by atoms with Crippen LogP contribution in [-0.2, 0) is 30.5 Å². The van der Waals surface area contributed by atoms with E-state index in [1.807, 2.05) is 43.6 Å². The van der Waals surface area contributed by atoms with Gasteiger partial charge in [0.05, 0.1) is 29.8 Å². The standard InChI is InChI=1S/C23H22N4O3S/c1-26-14-17(13-24-26)15-31-23-25-20-12-18(22(29)30-2)8-9-19(20)21(28)27(23)11-10-16-6-4-3-5-7-16/h3-9,12-14H,10-11,15H2,1-2H3. The summed E-state index contributed by atoms with van der Waals surface area (Å²) in [6.07, 6.45) is 4.46. The zero-order valence-electron chi connectivity index (χ0n) is 17.3. The Morgan fingerprint density at radius 1 is 1.13 bits per heavy atom. The maximum atomic E-state index is 13.3. The minimum atomic E-state index is -0.457. The maximum absolute atomic E-state index is 13.3. The summed E-state index contributed by atoms with van der Waals surface area (Å²) in [5, 5.41) is 5.29. The maximum Gasteiger partial charge on any atom is 0.337 e. The molecule has 0 N–H and O–H groups in total. The van der Waals surface area contributed by atoms with Crippen LogP contribution in [-0.4, -0.2) is 32.4 Å². The molecule has 2 aromatic heterocycles. The number of methoxy groups -OCH3 is 1. The molecule has 0 bridgehead atoms. The van der Waals surface area contributed by atoms with Gasteiger partial charge >= 0.3 is 5.97 Å². The number of ether oxygens (including phenoxy) is 1. The van der Waals surface area contributed by atoms with Crippen molar-refractivity contribution < 1.29 is 9.53 Å². The number of esters is 1. The SMILES string of the molecule is COC(=O)c1ccc2c(=O)n(CCc3ccccc3)c(SCc3cnn(C)c3)nc2c1. The van der Waals surface area contributed by atoms with Crippen LogP contribution in [0.4, 0.5) is 0 Å². The Labute approximate surface area is 183 Å². The predicted molar refractivity (Wildman–Crippen MR) is 120 cm³/mol. The average molecular weight is 435 g/mol. The molecule has 0 amide bonds. The Balaban J connectivity index is 1.72. The predicted octanol–water partition coefficient (Wildman–Crippen LogP) is 3.45. The largest absolute Gasteiger partial charge is 0.465 e. The van der Waals surface area contributed by atoms with E-state index in [9.17, 15) is 9.59 Å². The Bertz CT molecular complexity index is 1280. The third-order valence-electron chi connectivity index (χ3n) is 4.93. The molecule has 0 atom stereocenters. The number of hydrogen-bond acceptors (Lipinski definition) is 6. The smallest absolute Gasteiger partial charge is 0.337 e.